The summed E-state index contributed by atoms with van der Waals surface area (Å²) in [6.45, 7) is 0. The number of hydrogen-bond donors (Lipinski definition) is 2. The standard InChI is InChI=1S/C21H19ClN4O4/c1-29-14-6-7-18(30-2)16(9-14)24-19(27)10-17-21(28)25-20-15(11-23-26(17)20)12-4-3-5-13(22)8-12/h3-9,11,17H,10H2,1-2H3,(H,24,27)(H,25,28). The molecule has 8 nitrogen and oxygen atoms in total. The zero-order valence-electron chi connectivity index (χ0n) is 16.3. The highest BCUT2D eigenvalue weighted by Crippen LogP contribution is 2.37. The van der Waals surface area contributed by atoms with Gasteiger partial charge in [-0.25, -0.2) is 4.68 Å². The van der Waals surface area contributed by atoms with Gasteiger partial charge in [0.05, 0.1) is 32.5 Å². The number of halogens is 1. The van der Waals surface area contributed by atoms with E-state index in [1.165, 1.54) is 18.9 Å². The second-order valence-electron chi connectivity index (χ2n) is 6.69. The van der Waals surface area contributed by atoms with Crippen LogP contribution < -0.4 is 20.1 Å². The summed E-state index contributed by atoms with van der Waals surface area (Å²) < 4.78 is 12.0. The maximum Gasteiger partial charge on any atom is 0.251 e. The molecule has 0 saturated heterocycles. The average Bonchev–Trinajstić information content (AvgIpc) is 3.27. The summed E-state index contributed by atoms with van der Waals surface area (Å²) in [5, 5.41) is 10.5. The lowest BCUT2D eigenvalue weighted by Gasteiger charge is -2.13. The summed E-state index contributed by atoms with van der Waals surface area (Å²) in [5.41, 5.74) is 2.03. The molecule has 3 aromatic rings. The van der Waals surface area contributed by atoms with Gasteiger partial charge < -0.3 is 20.1 Å². The molecule has 2 N–H and O–H groups in total. The second-order valence-corrected chi connectivity index (χ2v) is 7.12. The van der Waals surface area contributed by atoms with E-state index >= 15 is 0 Å². The van der Waals surface area contributed by atoms with Gasteiger partial charge in [-0.2, -0.15) is 5.10 Å². The first kappa shape index (κ1) is 19.8. The third-order valence-electron chi connectivity index (χ3n) is 4.83. The molecule has 30 heavy (non-hydrogen) atoms. The zero-order chi connectivity index (χ0) is 21.3. The van der Waals surface area contributed by atoms with Crippen LogP contribution in [0, 0.1) is 0 Å². The fraction of sp³-hybridized carbons (Fsp3) is 0.190. The highest BCUT2D eigenvalue weighted by atomic mass is 35.5. The van der Waals surface area contributed by atoms with Crippen LogP contribution in [0.3, 0.4) is 0 Å². The Morgan fingerprint density at radius 3 is 2.80 bits per heavy atom. The number of rotatable bonds is 6. The van der Waals surface area contributed by atoms with Gasteiger partial charge in [0.1, 0.15) is 23.4 Å². The molecule has 1 aliphatic rings. The second kappa shape index (κ2) is 8.08. The Balaban J connectivity index is 1.55. The van der Waals surface area contributed by atoms with Gasteiger partial charge in [0.15, 0.2) is 0 Å². The van der Waals surface area contributed by atoms with Gasteiger partial charge in [-0.1, -0.05) is 23.7 Å². The number of carbonyl (C=O) groups is 2. The van der Waals surface area contributed by atoms with Crippen molar-refractivity contribution in [1.82, 2.24) is 9.78 Å². The fourth-order valence-electron chi connectivity index (χ4n) is 3.37. The summed E-state index contributed by atoms with van der Waals surface area (Å²) >= 11 is 6.08. The van der Waals surface area contributed by atoms with Crippen molar-refractivity contribution in [2.45, 2.75) is 12.5 Å². The van der Waals surface area contributed by atoms with E-state index < -0.39 is 6.04 Å². The quantitative estimate of drug-likeness (QED) is 0.626. The maximum absolute atomic E-state index is 12.7. The van der Waals surface area contributed by atoms with Crippen molar-refractivity contribution in [3.63, 3.8) is 0 Å². The van der Waals surface area contributed by atoms with Crippen LogP contribution in [0.25, 0.3) is 11.1 Å². The third-order valence-corrected chi connectivity index (χ3v) is 5.07. The first-order chi connectivity index (χ1) is 14.5. The largest absolute Gasteiger partial charge is 0.497 e. The predicted octanol–water partition coefficient (Wildman–Crippen LogP) is 3.74. The van der Waals surface area contributed by atoms with Crippen LogP contribution in [0.5, 0.6) is 11.5 Å². The van der Waals surface area contributed by atoms with Crippen molar-refractivity contribution in [3.8, 4) is 22.6 Å². The molecule has 0 bridgehead atoms. The van der Waals surface area contributed by atoms with E-state index in [0.29, 0.717) is 28.0 Å². The van der Waals surface area contributed by atoms with Crippen molar-refractivity contribution >= 4 is 34.9 Å². The normalized spacial score (nSPS) is 14.8. The predicted molar refractivity (Wildman–Crippen MR) is 113 cm³/mol. The number of anilines is 2. The molecule has 0 saturated carbocycles. The fourth-order valence-corrected chi connectivity index (χ4v) is 3.56. The number of methoxy groups -OCH3 is 2. The molecular formula is C21H19ClN4O4. The molecule has 0 spiro atoms. The van der Waals surface area contributed by atoms with E-state index in [1.54, 1.807) is 36.5 Å². The van der Waals surface area contributed by atoms with Crippen molar-refractivity contribution < 1.29 is 19.1 Å². The lowest BCUT2D eigenvalue weighted by Crippen LogP contribution is -2.23. The number of ether oxygens (including phenoxy) is 2. The van der Waals surface area contributed by atoms with E-state index in [1.807, 2.05) is 12.1 Å². The van der Waals surface area contributed by atoms with Crippen LogP contribution in [-0.4, -0.2) is 35.8 Å². The van der Waals surface area contributed by atoms with Crippen LogP contribution in [0.2, 0.25) is 5.02 Å². The molecular weight excluding hydrogens is 408 g/mol. The van der Waals surface area contributed by atoms with Crippen molar-refractivity contribution in [3.05, 3.63) is 53.7 Å². The van der Waals surface area contributed by atoms with E-state index in [-0.39, 0.29) is 18.2 Å². The Morgan fingerprint density at radius 2 is 2.07 bits per heavy atom. The van der Waals surface area contributed by atoms with E-state index in [9.17, 15) is 9.59 Å². The molecule has 2 amide bonds. The Hall–Kier alpha value is -3.52. The van der Waals surface area contributed by atoms with Crippen molar-refractivity contribution in [2.75, 3.05) is 24.9 Å². The Labute approximate surface area is 177 Å². The van der Waals surface area contributed by atoms with E-state index in [4.69, 9.17) is 21.1 Å². The summed E-state index contributed by atoms with van der Waals surface area (Å²) in [5.74, 6) is 0.954. The maximum atomic E-state index is 12.7. The molecule has 9 heteroatoms. The van der Waals surface area contributed by atoms with E-state index in [0.717, 1.165) is 11.1 Å². The molecule has 1 unspecified atom stereocenters. The average molecular weight is 427 g/mol. The number of benzene rings is 2. The molecule has 0 fully saturated rings. The third kappa shape index (κ3) is 3.69. The first-order valence-electron chi connectivity index (χ1n) is 9.16. The molecule has 1 aliphatic heterocycles. The van der Waals surface area contributed by atoms with E-state index in [2.05, 4.69) is 15.7 Å². The summed E-state index contributed by atoms with van der Waals surface area (Å²) in [4.78, 5) is 25.2. The Bertz CT molecular complexity index is 1130. The van der Waals surface area contributed by atoms with Crippen LogP contribution >= 0.6 is 11.6 Å². The summed E-state index contributed by atoms with van der Waals surface area (Å²) in [6, 6.07) is 11.6. The van der Waals surface area contributed by atoms with Gasteiger partial charge in [0.25, 0.3) is 5.91 Å². The minimum atomic E-state index is -0.760. The number of fused-ring (bicyclic) bond motifs is 1. The number of amides is 2. The lowest BCUT2D eigenvalue weighted by molar-refractivity contribution is -0.123. The molecule has 0 aliphatic carbocycles. The van der Waals surface area contributed by atoms with Gasteiger partial charge in [0.2, 0.25) is 5.91 Å². The van der Waals surface area contributed by atoms with Crippen LogP contribution in [0.4, 0.5) is 11.5 Å². The summed E-state index contributed by atoms with van der Waals surface area (Å²) in [7, 11) is 3.04. The van der Waals surface area contributed by atoms with Gasteiger partial charge in [0, 0.05) is 16.7 Å². The van der Waals surface area contributed by atoms with Gasteiger partial charge in [-0.15, -0.1) is 0 Å². The molecule has 154 valence electrons. The smallest absolute Gasteiger partial charge is 0.251 e. The molecule has 2 aromatic carbocycles. The minimum Gasteiger partial charge on any atom is -0.497 e. The van der Waals surface area contributed by atoms with Gasteiger partial charge in [-0.3, -0.25) is 9.59 Å². The Kier molecular flexibility index (Phi) is 5.33. The Morgan fingerprint density at radius 1 is 1.23 bits per heavy atom. The lowest BCUT2D eigenvalue weighted by atomic mass is 10.1. The van der Waals surface area contributed by atoms with Crippen LogP contribution in [0.1, 0.15) is 12.5 Å². The summed E-state index contributed by atoms with van der Waals surface area (Å²) in [6.07, 6.45) is 1.56. The topological polar surface area (TPSA) is 94.5 Å². The SMILES string of the molecule is COc1ccc(OC)c(NC(=O)CC2C(=O)Nc3c(-c4cccc(Cl)c4)cnn32)c1. The van der Waals surface area contributed by atoms with Crippen molar-refractivity contribution in [1.29, 1.82) is 0 Å². The molecule has 2 heterocycles. The number of hydrogen-bond acceptors (Lipinski definition) is 5. The molecule has 1 aromatic heterocycles. The van der Waals surface area contributed by atoms with Crippen LogP contribution in [-0.2, 0) is 9.59 Å². The zero-order valence-corrected chi connectivity index (χ0v) is 17.1. The number of nitrogens with zero attached hydrogens (tertiary/aromatic N) is 2. The number of carbonyl (C=O) groups excluding carboxylic acids is 2. The molecule has 0 radical (unpaired) electrons. The van der Waals surface area contributed by atoms with Gasteiger partial charge in [-0.05, 0) is 29.8 Å². The highest BCUT2D eigenvalue weighted by molar-refractivity contribution is 6.30. The minimum absolute atomic E-state index is 0.0874. The monoisotopic (exact) mass is 426 g/mol. The highest BCUT2D eigenvalue weighted by Gasteiger charge is 2.35. The van der Waals surface area contributed by atoms with Crippen molar-refractivity contribution in [2.24, 2.45) is 0 Å². The molecule has 4 rings (SSSR count). The number of nitrogens with one attached hydrogen (secondary N) is 2. The van der Waals surface area contributed by atoms with Crippen LogP contribution in [0.15, 0.2) is 48.7 Å². The molecule has 1 atom stereocenters. The van der Waals surface area contributed by atoms with Gasteiger partial charge >= 0.3 is 0 Å². The first-order valence-corrected chi connectivity index (χ1v) is 9.54. The number of aromatic nitrogens is 2.